The van der Waals surface area contributed by atoms with Gasteiger partial charge in [-0.2, -0.15) is 4.98 Å². The van der Waals surface area contributed by atoms with E-state index in [-0.39, 0.29) is 5.97 Å². The van der Waals surface area contributed by atoms with Crippen molar-refractivity contribution in [3.8, 4) is 0 Å². The zero-order valence-electron chi connectivity index (χ0n) is 10.2. The molecule has 0 bridgehead atoms. The number of nitrogens with zero attached hydrogens (tertiary/aromatic N) is 2. The lowest BCUT2D eigenvalue weighted by Gasteiger charge is -2.24. The Morgan fingerprint density at radius 3 is 2.38 bits per heavy atom. The van der Waals surface area contributed by atoms with Gasteiger partial charge in [0.2, 0.25) is 5.89 Å². The first-order valence-electron chi connectivity index (χ1n) is 5.58. The first-order chi connectivity index (χ1) is 7.60. The average molecular weight is 226 g/mol. The van der Waals surface area contributed by atoms with Gasteiger partial charge >= 0.3 is 5.97 Å². The van der Waals surface area contributed by atoms with Crippen molar-refractivity contribution >= 4 is 5.97 Å². The molecule has 0 aliphatic heterocycles. The van der Waals surface area contributed by atoms with E-state index in [0.29, 0.717) is 31.2 Å². The van der Waals surface area contributed by atoms with Crippen LogP contribution in [0.4, 0.5) is 0 Å². The van der Waals surface area contributed by atoms with Crippen LogP contribution < -0.4 is 0 Å². The second-order valence-electron chi connectivity index (χ2n) is 3.66. The molecule has 0 saturated carbocycles. The smallest absolute Gasteiger partial charge is 0.321 e. The van der Waals surface area contributed by atoms with Gasteiger partial charge < -0.3 is 9.26 Å². The number of esters is 1. The van der Waals surface area contributed by atoms with Crippen molar-refractivity contribution in [2.45, 2.75) is 46.0 Å². The summed E-state index contributed by atoms with van der Waals surface area (Å²) < 4.78 is 10.2. The highest BCUT2D eigenvalue weighted by atomic mass is 16.5. The lowest BCUT2D eigenvalue weighted by molar-refractivity contribution is -0.151. The Bertz CT molecular complexity index is 356. The molecule has 0 amide bonds. The number of ether oxygens (including phenoxy) is 1. The minimum Gasteiger partial charge on any atom is -0.465 e. The van der Waals surface area contributed by atoms with E-state index in [2.05, 4.69) is 10.1 Å². The Kier molecular flexibility index (Phi) is 4.04. The largest absolute Gasteiger partial charge is 0.465 e. The topological polar surface area (TPSA) is 65.2 Å². The molecular weight excluding hydrogens is 208 g/mol. The van der Waals surface area contributed by atoms with E-state index in [9.17, 15) is 4.79 Å². The van der Waals surface area contributed by atoms with Crippen LogP contribution in [0, 0.1) is 6.92 Å². The van der Waals surface area contributed by atoms with Crippen molar-refractivity contribution in [1.82, 2.24) is 10.1 Å². The highest BCUT2D eigenvalue weighted by molar-refractivity contribution is 5.81. The van der Waals surface area contributed by atoms with Gasteiger partial charge in [0.25, 0.3) is 0 Å². The maximum Gasteiger partial charge on any atom is 0.321 e. The molecule has 5 nitrogen and oxygen atoms in total. The van der Waals surface area contributed by atoms with Gasteiger partial charge in [0.15, 0.2) is 5.82 Å². The van der Waals surface area contributed by atoms with Gasteiger partial charge in [-0.3, -0.25) is 4.79 Å². The summed E-state index contributed by atoms with van der Waals surface area (Å²) in [7, 11) is 0. The van der Waals surface area contributed by atoms with Gasteiger partial charge in [0, 0.05) is 0 Å². The van der Waals surface area contributed by atoms with Crippen LogP contribution in [0.15, 0.2) is 4.52 Å². The Morgan fingerprint density at radius 2 is 2.00 bits per heavy atom. The Labute approximate surface area is 95.2 Å². The molecule has 0 saturated heterocycles. The molecule has 0 aliphatic carbocycles. The molecule has 0 aromatic carbocycles. The Balaban J connectivity index is 3.09. The summed E-state index contributed by atoms with van der Waals surface area (Å²) >= 11 is 0. The van der Waals surface area contributed by atoms with Crippen LogP contribution >= 0.6 is 0 Å². The molecule has 0 atom stereocenters. The molecule has 0 N–H and O–H groups in total. The standard InChI is InChI=1S/C11H18N2O3/c1-5-11(6-2,10(14)15-7-3)9-12-8(4)13-16-9/h5-7H2,1-4H3. The van der Waals surface area contributed by atoms with Crippen LogP contribution in [0.2, 0.25) is 0 Å². The lowest BCUT2D eigenvalue weighted by atomic mass is 9.82. The van der Waals surface area contributed by atoms with E-state index >= 15 is 0 Å². The van der Waals surface area contributed by atoms with Crippen molar-refractivity contribution in [2.24, 2.45) is 0 Å². The quantitative estimate of drug-likeness (QED) is 0.718. The number of aryl methyl sites for hydroxylation is 1. The number of carbonyl (C=O) groups is 1. The van der Waals surface area contributed by atoms with Gasteiger partial charge in [-0.1, -0.05) is 19.0 Å². The molecule has 0 spiro atoms. The van der Waals surface area contributed by atoms with Crippen molar-refractivity contribution in [3.63, 3.8) is 0 Å². The highest BCUT2D eigenvalue weighted by Gasteiger charge is 2.43. The summed E-state index contributed by atoms with van der Waals surface area (Å²) in [4.78, 5) is 16.1. The van der Waals surface area contributed by atoms with E-state index in [1.165, 1.54) is 0 Å². The van der Waals surface area contributed by atoms with Crippen LogP contribution in [0.3, 0.4) is 0 Å². The second kappa shape index (κ2) is 5.09. The van der Waals surface area contributed by atoms with Crippen LogP contribution in [-0.4, -0.2) is 22.7 Å². The average Bonchev–Trinajstić information content (AvgIpc) is 2.69. The summed E-state index contributed by atoms with van der Waals surface area (Å²) in [5.74, 6) is 0.600. The molecule has 0 unspecified atom stereocenters. The van der Waals surface area contributed by atoms with E-state index in [4.69, 9.17) is 9.26 Å². The van der Waals surface area contributed by atoms with Gasteiger partial charge in [0.05, 0.1) is 6.61 Å². The Morgan fingerprint density at radius 1 is 1.38 bits per heavy atom. The van der Waals surface area contributed by atoms with Crippen molar-refractivity contribution in [3.05, 3.63) is 11.7 Å². The molecule has 0 aliphatic rings. The normalized spacial score (nSPS) is 11.5. The third kappa shape index (κ3) is 2.08. The van der Waals surface area contributed by atoms with Gasteiger partial charge in [-0.05, 0) is 26.7 Å². The Hall–Kier alpha value is -1.39. The minimum atomic E-state index is -0.794. The first-order valence-corrected chi connectivity index (χ1v) is 5.58. The van der Waals surface area contributed by atoms with Crippen molar-refractivity contribution in [1.29, 1.82) is 0 Å². The predicted octanol–water partition coefficient (Wildman–Crippen LogP) is 2.00. The maximum atomic E-state index is 12.0. The van der Waals surface area contributed by atoms with Crippen LogP contribution in [0.5, 0.6) is 0 Å². The van der Waals surface area contributed by atoms with E-state index in [1.54, 1.807) is 13.8 Å². The lowest BCUT2D eigenvalue weighted by Crippen LogP contribution is -2.36. The molecule has 16 heavy (non-hydrogen) atoms. The van der Waals surface area contributed by atoms with Gasteiger partial charge in [-0.25, -0.2) is 0 Å². The fourth-order valence-corrected chi connectivity index (χ4v) is 1.69. The highest BCUT2D eigenvalue weighted by Crippen LogP contribution is 2.31. The van der Waals surface area contributed by atoms with E-state index in [1.807, 2.05) is 13.8 Å². The van der Waals surface area contributed by atoms with E-state index < -0.39 is 5.41 Å². The fourth-order valence-electron chi connectivity index (χ4n) is 1.69. The van der Waals surface area contributed by atoms with Gasteiger partial charge in [0.1, 0.15) is 5.41 Å². The molecule has 0 fully saturated rings. The molecule has 90 valence electrons. The van der Waals surface area contributed by atoms with Gasteiger partial charge in [-0.15, -0.1) is 0 Å². The number of hydrogen-bond donors (Lipinski definition) is 0. The summed E-state index contributed by atoms with van der Waals surface area (Å²) in [5, 5.41) is 3.73. The monoisotopic (exact) mass is 226 g/mol. The molecule has 1 rings (SSSR count). The molecule has 0 radical (unpaired) electrons. The maximum absolute atomic E-state index is 12.0. The molecule has 1 heterocycles. The third-order valence-corrected chi connectivity index (χ3v) is 2.81. The summed E-state index contributed by atoms with van der Waals surface area (Å²) in [5.41, 5.74) is -0.794. The number of aromatic nitrogens is 2. The summed E-state index contributed by atoms with van der Waals surface area (Å²) in [6.45, 7) is 7.70. The second-order valence-corrected chi connectivity index (χ2v) is 3.66. The third-order valence-electron chi connectivity index (χ3n) is 2.81. The molecule has 1 aromatic heterocycles. The number of rotatable bonds is 5. The minimum absolute atomic E-state index is 0.288. The van der Waals surface area contributed by atoms with Crippen molar-refractivity contribution in [2.75, 3.05) is 6.61 Å². The molecule has 1 aromatic rings. The van der Waals surface area contributed by atoms with Crippen LogP contribution in [0.25, 0.3) is 0 Å². The molecular formula is C11H18N2O3. The zero-order valence-corrected chi connectivity index (χ0v) is 10.2. The fraction of sp³-hybridized carbons (Fsp3) is 0.727. The predicted molar refractivity (Wildman–Crippen MR) is 57.9 cm³/mol. The zero-order chi connectivity index (χ0) is 12.2. The first kappa shape index (κ1) is 12.7. The summed E-state index contributed by atoms with van der Waals surface area (Å²) in [6.07, 6.45) is 1.17. The van der Waals surface area contributed by atoms with Crippen LogP contribution in [0.1, 0.15) is 45.3 Å². The summed E-state index contributed by atoms with van der Waals surface area (Å²) in [6, 6.07) is 0. The van der Waals surface area contributed by atoms with Crippen molar-refractivity contribution < 1.29 is 14.1 Å². The van der Waals surface area contributed by atoms with Crippen LogP contribution in [-0.2, 0) is 14.9 Å². The number of carbonyl (C=O) groups excluding carboxylic acids is 1. The molecule has 5 heteroatoms. The SMILES string of the molecule is CCOC(=O)C(CC)(CC)c1nc(C)no1. The van der Waals surface area contributed by atoms with E-state index in [0.717, 1.165) is 0 Å². The number of hydrogen-bond acceptors (Lipinski definition) is 5.